The number of para-hydroxylation sites is 1. The smallest absolute Gasteiger partial charge is 0.295 e. The maximum Gasteiger partial charge on any atom is 0.295 e. The van der Waals surface area contributed by atoms with Crippen LogP contribution in [0, 0.1) is 6.92 Å². The Morgan fingerprint density at radius 2 is 1.44 bits per heavy atom. The van der Waals surface area contributed by atoms with Crippen LogP contribution in [0.3, 0.4) is 0 Å². The Balaban J connectivity index is 1.85. The van der Waals surface area contributed by atoms with E-state index in [0.717, 1.165) is 0 Å². The molecule has 4 aromatic rings. The number of nitrogens with zero attached hydrogens (tertiary/aromatic N) is 3. The largest absolute Gasteiger partial charge is 0.333 e. The SMILES string of the molecule is Cc1c(N/C(=N/S(=O)(=O)c2ccc(Cl)cc2)c2ccc(Cl)cc2)c(=O)n(-c2ccccc2)n1C. The number of aromatic nitrogens is 2. The second-order valence-corrected chi connectivity index (χ2v) is 9.91. The number of rotatable bonds is 5. The maximum atomic E-state index is 13.3. The second-order valence-electron chi connectivity index (χ2n) is 7.44. The lowest BCUT2D eigenvalue weighted by Crippen LogP contribution is -2.24. The van der Waals surface area contributed by atoms with Gasteiger partial charge in [-0.15, -0.1) is 4.40 Å². The normalized spacial score (nSPS) is 12.1. The van der Waals surface area contributed by atoms with E-state index in [1.807, 2.05) is 30.3 Å². The van der Waals surface area contributed by atoms with Crippen LogP contribution in [-0.2, 0) is 17.1 Å². The minimum atomic E-state index is -4.12. The highest BCUT2D eigenvalue weighted by molar-refractivity contribution is 7.90. The van der Waals surface area contributed by atoms with Crippen LogP contribution in [0.25, 0.3) is 5.69 Å². The molecule has 0 spiro atoms. The van der Waals surface area contributed by atoms with Gasteiger partial charge in [-0.2, -0.15) is 8.42 Å². The molecule has 0 aliphatic rings. The van der Waals surface area contributed by atoms with Crippen LogP contribution in [0.15, 0.2) is 93.0 Å². The summed E-state index contributed by atoms with van der Waals surface area (Å²) >= 11 is 11.9. The summed E-state index contributed by atoms with van der Waals surface area (Å²) in [4.78, 5) is 13.3. The molecular formula is C24H20Cl2N4O3S. The summed E-state index contributed by atoms with van der Waals surface area (Å²) in [7, 11) is -2.37. The van der Waals surface area contributed by atoms with Gasteiger partial charge in [0.2, 0.25) is 0 Å². The Morgan fingerprint density at radius 1 is 0.882 bits per heavy atom. The maximum absolute atomic E-state index is 13.3. The Hall–Kier alpha value is -3.33. The molecular weight excluding hydrogens is 495 g/mol. The van der Waals surface area contributed by atoms with E-state index in [4.69, 9.17) is 23.2 Å². The van der Waals surface area contributed by atoms with Crippen LogP contribution in [0.4, 0.5) is 5.69 Å². The van der Waals surface area contributed by atoms with Gasteiger partial charge in [-0.25, -0.2) is 4.68 Å². The Labute approximate surface area is 206 Å². The molecule has 0 atom stereocenters. The molecule has 10 heteroatoms. The van der Waals surface area contributed by atoms with E-state index in [0.29, 0.717) is 27.0 Å². The predicted octanol–water partition coefficient (Wildman–Crippen LogP) is 5.04. The molecule has 34 heavy (non-hydrogen) atoms. The lowest BCUT2D eigenvalue weighted by atomic mass is 10.2. The molecule has 0 radical (unpaired) electrons. The first-order valence-corrected chi connectivity index (χ1v) is 12.3. The van der Waals surface area contributed by atoms with Crippen molar-refractivity contribution in [2.24, 2.45) is 11.4 Å². The van der Waals surface area contributed by atoms with E-state index in [1.165, 1.54) is 28.9 Å². The van der Waals surface area contributed by atoms with Gasteiger partial charge in [0.25, 0.3) is 15.6 Å². The predicted molar refractivity (Wildman–Crippen MR) is 136 cm³/mol. The van der Waals surface area contributed by atoms with Gasteiger partial charge in [0.15, 0.2) is 5.84 Å². The topological polar surface area (TPSA) is 85.5 Å². The third-order valence-electron chi connectivity index (χ3n) is 5.24. The molecule has 7 nitrogen and oxygen atoms in total. The first-order chi connectivity index (χ1) is 16.2. The van der Waals surface area contributed by atoms with Crippen molar-refractivity contribution in [2.45, 2.75) is 11.8 Å². The third-order valence-corrected chi connectivity index (χ3v) is 7.03. The number of nitrogens with one attached hydrogen (secondary N) is 1. The van der Waals surface area contributed by atoms with Crippen molar-refractivity contribution in [1.29, 1.82) is 0 Å². The van der Waals surface area contributed by atoms with Gasteiger partial charge in [-0.3, -0.25) is 9.48 Å². The monoisotopic (exact) mass is 514 g/mol. The fraction of sp³-hybridized carbons (Fsp3) is 0.0833. The number of hydrogen-bond donors (Lipinski definition) is 1. The van der Waals surface area contributed by atoms with Crippen molar-refractivity contribution in [2.75, 3.05) is 5.32 Å². The molecule has 3 aromatic carbocycles. The number of halogens is 2. The lowest BCUT2D eigenvalue weighted by molar-refractivity contribution is 0.598. The molecule has 0 fully saturated rings. The van der Waals surface area contributed by atoms with Crippen LogP contribution in [0.5, 0.6) is 0 Å². The van der Waals surface area contributed by atoms with E-state index in [2.05, 4.69) is 9.71 Å². The van der Waals surface area contributed by atoms with Crippen molar-refractivity contribution < 1.29 is 8.42 Å². The molecule has 0 bridgehead atoms. The summed E-state index contributed by atoms with van der Waals surface area (Å²) in [5.41, 5.74) is 1.56. The van der Waals surface area contributed by atoms with E-state index >= 15 is 0 Å². The van der Waals surface area contributed by atoms with Gasteiger partial charge in [-0.05, 0) is 67.6 Å². The van der Waals surface area contributed by atoms with Crippen molar-refractivity contribution in [3.05, 3.63) is 111 Å². The number of anilines is 1. The van der Waals surface area contributed by atoms with Crippen LogP contribution in [0.2, 0.25) is 10.0 Å². The van der Waals surface area contributed by atoms with Crippen LogP contribution < -0.4 is 10.9 Å². The standard InChI is InChI=1S/C24H20Cl2N4O3S/c1-16-22(24(31)30(29(16)2)20-6-4-3-5-7-20)27-23(17-8-10-18(25)11-9-17)28-34(32,33)21-14-12-19(26)13-15-21/h3-15H,1-2H3,(H,27,28). The third kappa shape index (κ3) is 4.79. The van der Waals surface area contributed by atoms with Crippen molar-refractivity contribution in [3.8, 4) is 5.69 Å². The van der Waals surface area contributed by atoms with Gasteiger partial charge in [0.1, 0.15) is 5.69 Å². The highest BCUT2D eigenvalue weighted by atomic mass is 35.5. The molecule has 1 N–H and O–H groups in total. The number of sulfonamides is 1. The Kier molecular flexibility index (Phi) is 6.65. The first-order valence-electron chi connectivity index (χ1n) is 10.1. The molecule has 1 heterocycles. The van der Waals surface area contributed by atoms with Crippen LogP contribution in [-0.4, -0.2) is 23.6 Å². The molecule has 0 aliphatic heterocycles. The zero-order valence-corrected chi connectivity index (χ0v) is 20.6. The lowest BCUT2D eigenvalue weighted by Gasteiger charge is -2.10. The van der Waals surface area contributed by atoms with E-state index in [1.54, 1.807) is 42.9 Å². The summed E-state index contributed by atoms with van der Waals surface area (Å²) in [6, 6.07) is 21.3. The minimum Gasteiger partial charge on any atom is -0.333 e. The van der Waals surface area contributed by atoms with E-state index in [9.17, 15) is 13.2 Å². The molecule has 0 saturated heterocycles. The highest BCUT2D eigenvalue weighted by Crippen LogP contribution is 2.20. The Bertz CT molecular complexity index is 1520. The van der Waals surface area contributed by atoms with Gasteiger partial charge in [-0.1, -0.05) is 41.4 Å². The molecule has 0 aliphatic carbocycles. The average Bonchev–Trinajstić information content (AvgIpc) is 3.03. The molecule has 0 unspecified atom stereocenters. The van der Waals surface area contributed by atoms with Gasteiger partial charge < -0.3 is 5.32 Å². The minimum absolute atomic E-state index is 0.0161. The summed E-state index contributed by atoms with van der Waals surface area (Å²) < 4.78 is 33.3. The molecule has 1 aromatic heterocycles. The van der Waals surface area contributed by atoms with Crippen molar-refractivity contribution in [1.82, 2.24) is 9.36 Å². The Morgan fingerprint density at radius 3 is 2.03 bits per heavy atom. The van der Waals surface area contributed by atoms with E-state index in [-0.39, 0.29) is 22.0 Å². The second kappa shape index (κ2) is 9.50. The first kappa shape index (κ1) is 23.8. The average molecular weight is 515 g/mol. The molecule has 0 saturated carbocycles. The van der Waals surface area contributed by atoms with Crippen molar-refractivity contribution in [3.63, 3.8) is 0 Å². The molecule has 174 valence electrons. The summed E-state index contributed by atoms with van der Waals surface area (Å²) in [5, 5.41) is 3.85. The summed E-state index contributed by atoms with van der Waals surface area (Å²) in [5.74, 6) is -0.0161. The number of benzene rings is 3. The fourth-order valence-electron chi connectivity index (χ4n) is 3.37. The van der Waals surface area contributed by atoms with Crippen LogP contribution in [0.1, 0.15) is 11.3 Å². The quantitative estimate of drug-likeness (QED) is 0.298. The number of amidine groups is 1. The van der Waals surface area contributed by atoms with Crippen LogP contribution >= 0.6 is 23.2 Å². The highest BCUT2D eigenvalue weighted by Gasteiger charge is 2.21. The van der Waals surface area contributed by atoms with Gasteiger partial charge in [0.05, 0.1) is 16.3 Å². The zero-order chi connectivity index (χ0) is 24.5. The van der Waals surface area contributed by atoms with Gasteiger partial charge in [0, 0.05) is 22.7 Å². The fourth-order valence-corrected chi connectivity index (χ4v) is 4.59. The zero-order valence-electron chi connectivity index (χ0n) is 18.2. The van der Waals surface area contributed by atoms with Gasteiger partial charge >= 0.3 is 0 Å². The number of hydrogen-bond acceptors (Lipinski definition) is 3. The summed E-state index contributed by atoms with van der Waals surface area (Å²) in [6.45, 7) is 1.76. The molecule has 0 amide bonds. The van der Waals surface area contributed by atoms with E-state index < -0.39 is 10.0 Å². The van der Waals surface area contributed by atoms with Crippen molar-refractivity contribution >= 4 is 44.7 Å². The summed E-state index contributed by atoms with van der Waals surface area (Å²) in [6.07, 6.45) is 0. The molecule has 4 rings (SSSR count).